The molecule has 3 N–H and O–H groups in total. The lowest BCUT2D eigenvalue weighted by Crippen LogP contribution is -2.22. The Morgan fingerprint density at radius 3 is 2.48 bits per heavy atom. The van der Waals surface area contributed by atoms with Gasteiger partial charge in [-0.3, -0.25) is 14.3 Å². The van der Waals surface area contributed by atoms with Crippen LogP contribution in [0, 0.1) is 11.6 Å². The van der Waals surface area contributed by atoms with E-state index in [0.717, 1.165) is 18.2 Å². The highest BCUT2D eigenvalue weighted by molar-refractivity contribution is 6.08. The Balaban J connectivity index is 2.37. The van der Waals surface area contributed by atoms with Gasteiger partial charge in [0.05, 0.1) is 11.9 Å². The minimum atomic E-state index is -1.02. The first-order chi connectivity index (χ1) is 9.95. The molecule has 21 heavy (non-hydrogen) atoms. The average molecular weight is 294 g/mol. The molecule has 2 aromatic rings. The quantitative estimate of drug-likeness (QED) is 0.896. The van der Waals surface area contributed by atoms with Crippen molar-refractivity contribution < 1.29 is 18.4 Å². The Morgan fingerprint density at radius 2 is 1.95 bits per heavy atom. The highest BCUT2D eigenvalue weighted by Gasteiger charge is 2.21. The summed E-state index contributed by atoms with van der Waals surface area (Å²) in [4.78, 5) is 23.3. The van der Waals surface area contributed by atoms with E-state index in [1.54, 1.807) is 6.92 Å². The Kier molecular flexibility index (Phi) is 3.97. The van der Waals surface area contributed by atoms with Crippen LogP contribution in [0.3, 0.4) is 0 Å². The molecule has 0 aliphatic heterocycles. The number of primary amides is 1. The van der Waals surface area contributed by atoms with E-state index in [1.807, 2.05) is 0 Å². The van der Waals surface area contributed by atoms with Crippen LogP contribution in [0.4, 0.5) is 14.5 Å². The lowest BCUT2D eigenvalue weighted by molar-refractivity contribution is 0.0991. The van der Waals surface area contributed by atoms with Crippen molar-refractivity contribution in [1.29, 1.82) is 0 Å². The van der Waals surface area contributed by atoms with E-state index in [4.69, 9.17) is 5.73 Å². The predicted molar refractivity (Wildman–Crippen MR) is 70.7 cm³/mol. The predicted octanol–water partition coefficient (Wildman–Crippen LogP) is 1.53. The molecule has 0 spiro atoms. The van der Waals surface area contributed by atoms with E-state index >= 15 is 0 Å². The van der Waals surface area contributed by atoms with Crippen LogP contribution in [0.5, 0.6) is 0 Å². The van der Waals surface area contributed by atoms with Crippen molar-refractivity contribution in [2.45, 2.75) is 13.5 Å². The van der Waals surface area contributed by atoms with Crippen LogP contribution < -0.4 is 11.1 Å². The van der Waals surface area contributed by atoms with Crippen molar-refractivity contribution in [3.8, 4) is 0 Å². The number of hydrogen-bond acceptors (Lipinski definition) is 3. The second kappa shape index (κ2) is 5.70. The van der Waals surface area contributed by atoms with Gasteiger partial charge in [-0.05, 0) is 19.1 Å². The normalized spacial score (nSPS) is 10.4. The zero-order valence-corrected chi connectivity index (χ0v) is 11.1. The first-order valence-electron chi connectivity index (χ1n) is 6.06. The fourth-order valence-electron chi connectivity index (χ4n) is 1.88. The van der Waals surface area contributed by atoms with Gasteiger partial charge in [-0.15, -0.1) is 0 Å². The number of benzene rings is 1. The van der Waals surface area contributed by atoms with Gasteiger partial charge in [-0.1, -0.05) is 6.07 Å². The molecule has 2 rings (SSSR count). The number of nitrogens with two attached hydrogens (primary N) is 1. The van der Waals surface area contributed by atoms with Crippen LogP contribution in [0.15, 0.2) is 24.4 Å². The Labute approximate surface area is 118 Å². The number of carbonyl (C=O) groups is 2. The topological polar surface area (TPSA) is 90.0 Å². The maximum absolute atomic E-state index is 13.5. The number of amides is 2. The molecule has 0 fully saturated rings. The number of anilines is 1. The average Bonchev–Trinajstić information content (AvgIpc) is 2.81. The first kappa shape index (κ1) is 14.6. The molecule has 0 atom stereocenters. The van der Waals surface area contributed by atoms with Gasteiger partial charge in [-0.2, -0.15) is 5.10 Å². The lowest BCUT2D eigenvalue weighted by Gasteiger charge is -2.07. The zero-order valence-electron chi connectivity index (χ0n) is 11.1. The molecule has 0 aliphatic rings. The van der Waals surface area contributed by atoms with Crippen LogP contribution in [-0.4, -0.2) is 21.6 Å². The number of aryl methyl sites for hydroxylation is 1. The molecule has 2 amide bonds. The standard InChI is InChI=1S/C13H12F2N4O2/c1-2-19-11(12(16)20)9(6-17-19)18-13(21)10-7(14)4-3-5-8(10)15/h3-6H,2H2,1H3,(H2,16,20)(H,18,21). The number of hydrogen-bond donors (Lipinski definition) is 2. The Morgan fingerprint density at radius 1 is 1.33 bits per heavy atom. The van der Waals surface area contributed by atoms with Gasteiger partial charge in [0.15, 0.2) is 0 Å². The fraction of sp³-hybridized carbons (Fsp3) is 0.154. The summed E-state index contributed by atoms with van der Waals surface area (Å²) in [5.41, 5.74) is 4.43. The third-order valence-corrected chi connectivity index (χ3v) is 2.81. The van der Waals surface area contributed by atoms with Crippen molar-refractivity contribution in [1.82, 2.24) is 9.78 Å². The monoisotopic (exact) mass is 294 g/mol. The fourth-order valence-corrected chi connectivity index (χ4v) is 1.88. The third-order valence-electron chi connectivity index (χ3n) is 2.81. The second-order valence-electron chi connectivity index (χ2n) is 4.14. The van der Waals surface area contributed by atoms with Crippen molar-refractivity contribution in [2.24, 2.45) is 5.73 Å². The Bertz CT molecular complexity index is 692. The summed E-state index contributed by atoms with van der Waals surface area (Å²) in [6.07, 6.45) is 1.19. The molecular formula is C13H12F2N4O2. The smallest absolute Gasteiger partial charge is 0.269 e. The molecule has 0 radical (unpaired) electrons. The van der Waals surface area contributed by atoms with Gasteiger partial charge in [0.25, 0.3) is 11.8 Å². The SMILES string of the molecule is CCn1ncc(NC(=O)c2c(F)cccc2F)c1C(N)=O. The van der Waals surface area contributed by atoms with E-state index in [-0.39, 0.29) is 11.4 Å². The van der Waals surface area contributed by atoms with E-state index in [1.165, 1.54) is 10.9 Å². The van der Waals surface area contributed by atoms with Crippen LogP contribution in [0.2, 0.25) is 0 Å². The van der Waals surface area contributed by atoms with Gasteiger partial charge >= 0.3 is 0 Å². The second-order valence-corrected chi connectivity index (χ2v) is 4.14. The van der Waals surface area contributed by atoms with E-state index in [9.17, 15) is 18.4 Å². The first-order valence-corrected chi connectivity index (χ1v) is 6.06. The molecule has 0 aliphatic carbocycles. The summed E-state index contributed by atoms with van der Waals surface area (Å²) in [5.74, 6) is -3.84. The summed E-state index contributed by atoms with van der Waals surface area (Å²) in [7, 11) is 0. The maximum atomic E-state index is 13.5. The maximum Gasteiger partial charge on any atom is 0.269 e. The molecule has 0 saturated carbocycles. The molecule has 6 nitrogen and oxygen atoms in total. The summed E-state index contributed by atoms with van der Waals surface area (Å²) in [6.45, 7) is 2.07. The van der Waals surface area contributed by atoms with Crippen molar-refractivity contribution >= 4 is 17.5 Å². The molecule has 0 bridgehead atoms. The number of rotatable bonds is 4. The molecule has 0 unspecified atom stereocenters. The highest BCUT2D eigenvalue weighted by atomic mass is 19.1. The number of halogens is 2. The van der Waals surface area contributed by atoms with E-state index < -0.39 is 29.0 Å². The van der Waals surface area contributed by atoms with Gasteiger partial charge in [0.1, 0.15) is 22.9 Å². The molecule has 1 aromatic heterocycles. The minimum Gasteiger partial charge on any atom is -0.364 e. The van der Waals surface area contributed by atoms with Crippen molar-refractivity contribution in [3.05, 3.63) is 47.3 Å². The molecule has 0 saturated heterocycles. The van der Waals surface area contributed by atoms with Crippen LogP contribution >= 0.6 is 0 Å². The molecule has 1 aromatic carbocycles. The van der Waals surface area contributed by atoms with E-state index in [2.05, 4.69) is 10.4 Å². The lowest BCUT2D eigenvalue weighted by atomic mass is 10.2. The molecule has 110 valence electrons. The van der Waals surface area contributed by atoms with Gasteiger partial charge < -0.3 is 11.1 Å². The molecule has 1 heterocycles. The van der Waals surface area contributed by atoms with Gasteiger partial charge in [-0.25, -0.2) is 8.78 Å². The van der Waals surface area contributed by atoms with Crippen LogP contribution in [0.25, 0.3) is 0 Å². The van der Waals surface area contributed by atoms with Crippen LogP contribution in [-0.2, 0) is 6.54 Å². The number of aromatic nitrogens is 2. The minimum absolute atomic E-state index is 0.00277. The molecular weight excluding hydrogens is 282 g/mol. The number of carbonyl (C=O) groups excluding carboxylic acids is 2. The Hall–Kier alpha value is -2.77. The van der Waals surface area contributed by atoms with E-state index in [0.29, 0.717) is 6.54 Å². The summed E-state index contributed by atoms with van der Waals surface area (Å²) in [6, 6.07) is 3.07. The summed E-state index contributed by atoms with van der Waals surface area (Å²) in [5, 5.41) is 6.10. The van der Waals surface area contributed by atoms with Crippen LogP contribution in [0.1, 0.15) is 27.8 Å². The summed E-state index contributed by atoms with van der Waals surface area (Å²) < 4.78 is 28.3. The largest absolute Gasteiger partial charge is 0.364 e. The van der Waals surface area contributed by atoms with Crippen molar-refractivity contribution in [3.63, 3.8) is 0 Å². The number of nitrogens with zero attached hydrogens (tertiary/aromatic N) is 2. The van der Waals surface area contributed by atoms with Gasteiger partial charge in [0, 0.05) is 6.54 Å². The third kappa shape index (κ3) is 2.73. The summed E-state index contributed by atoms with van der Waals surface area (Å²) >= 11 is 0. The number of nitrogens with one attached hydrogen (secondary N) is 1. The van der Waals surface area contributed by atoms with Gasteiger partial charge in [0.2, 0.25) is 0 Å². The van der Waals surface area contributed by atoms with Crippen molar-refractivity contribution in [2.75, 3.05) is 5.32 Å². The zero-order chi connectivity index (χ0) is 15.6. The highest BCUT2D eigenvalue weighted by Crippen LogP contribution is 2.18. The molecule has 8 heteroatoms.